The number of rotatable bonds is 2. The zero-order chi connectivity index (χ0) is 13.1. The average Bonchev–Trinajstić information content (AvgIpc) is 2.48. The van der Waals surface area contributed by atoms with Crippen molar-refractivity contribution in [3.05, 3.63) is 72.3 Å². The predicted octanol–water partition coefficient (Wildman–Crippen LogP) is 3.80. The molecular formula is C17H14N2. The molecule has 0 aliphatic heterocycles. The number of benzene rings is 3. The predicted molar refractivity (Wildman–Crippen MR) is 81.2 cm³/mol. The third kappa shape index (κ3) is 2.20. The van der Waals surface area contributed by atoms with Crippen LogP contribution in [0.25, 0.3) is 21.9 Å². The topological polar surface area (TPSA) is 38.4 Å². The lowest BCUT2D eigenvalue weighted by molar-refractivity contribution is 1.26. The largest absolute Gasteiger partial charge is 0.323 e. The molecule has 0 bridgehead atoms. The van der Waals surface area contributed by atoms with Crippen molar-refractivity contribution in [2.75, 3.05) is 0 Å². The summed E-state index contributed by atoms with van der Waals surface area (Å²) in [5, 5.41) is 6.06. The highest BCUT2D eigenvalue weighted by atomic mass is 15.1. The van der Waals surface area contributed by atoms with Crippen LogP contribution in [0.4, 0.5) is 0 Å². The second-order valence-electron chi connectivity index (χ2n) is 4.43. The lowest BCUT2D eigenvalue weighted by atomic mass is 9.98. The molecule has 0 atom stereocenters. The van der Waals surface area contributed by atoms with Crippen molar-refractivity contribution in [3.63, 3.8) is 0 Å². The minimum atomic E-state index is 1.01. The standard InChI is InChI=1S/C17H14N2/c18-19-12-13-8-10-15(11-9-13)17-7-3-5-14-4-1-2-6-16(14)17/h1-12H,18H2. The molecule has 0 aliphatic rings. The maximum Gasteiger partial charge on any atom is 0.0538 e. The SMILES string of the molecule is NN=Cc1ccc(-c2cccc3ccccc23)cc1. The summed E-state index contributed by atoms with van der Waals surface area (Å²) in [5.41, 5.74) is 3.45. The maximum absolute atomic E-state index is 5.15. The van der Waals surface area contributed by atoms with Gasteiger partial charge in [-0.15, -0.1) is 0 Å². The van der Waals surface area contributed by atoms with Crippen molar-refractivity contribution < 1.29 is 0 Å². The highest BCUT2D eigenvalue weighted by Gasteiger charge is 2.02. The molecule has 0 spiro atoms. The maximum atomic E-state index is 5.15. The molecule has 0 saturated heterocycles. The van der Waals surface area contributed by atoms with Crippen LogP contribution in [0.3, 0.4) is 0 Å². The van der Waals surface area contributed by atoms with Gasteiger partial charge in [0.15, 0.2) is 0 Å². The van der Waals surface area contributed by atoms with Crippen LogP contribution in [0.1, 0.15) is 5.56 Å². The van der Waals surface area contributed by atoms with Gasteiger partial charge in [-0.3, -0.25) is 0 Å². The molecule has 0 aliphatic carbocycles. The van der Waals surface area contributed by atoms with E-state index >= 15 is 0 Å². The molecular weight excluding hydrogens is 232 g/mol. The molecule has 2 N–H and O–H groups in total. The van der Waals surface area contributed by atoms with E-state index < -0.39 is 0 Å². The Balaban J connectivity index is 2.13. The average molecular weight is 246 g/mol. The lowest BCUT2D eigenvalue weighted by Gasteiger charge is -2.07. The van der Waals surface area contributed by atoms with Gasteiger partial charge in [-0.25, -0.2) is 0 Å². The van der Waals surface area contributed by atoms with E-state index in [1.807, 2.05) is 12.1 Å². The molecule has 3 rings (SSSR count). The Labute approximate surface area is 112 Å². The molecule has 92 valence electrons. The molecule has 0 saturated carbocycles. The van der Waals surface area contributed by atoms with Crippen molar-refractivity contribution in [3.8, 4) is 11.1 Å². The first-order valence-electron chi connectivity index (χ1n) is 6.20. The summed E-state index contributed by atoms with van der Waals surface area (Å²) in [4.78, 5) is 0. The summed E-state index contributed by atoms with van der Waals surface area (Å²) < 4.78 is 0. The molecule has 3 aromatic rings. The number of hydrogen-bond acceptors (Lipinski definition) is 2. The highest BCUT2D eigenvalue weighted by Crippen LogP contribution is 2.28. The molecule has 2 heteroatoms. The summed E-state index contributed by atoms with van der Waals surface area (Å²) in [5.74, 6) is 5.15. The van der Waals surface area contributed by atoms with E-state index in [9.17, 15) is 0 Å². The third-order valence-corrected chi connectivity index (χ3v) is 3.23. The fraction of sp³-hybridized carbons (Fsp3) is 0. The highest BCUT2D eigenvalue weighted by molar-refractivity contribution is 5.96. The summed E-state index contributed by atoms with van der Waals surface area (Å²) in [6.07, 6.45) is 1.65. The van der Waals surface area contributed by atoms with Crippen LogP contribution in [-0.2, 0) is 0 Å². The molecule has 0 aromatic heterocycles. The molecule has 0 radical (unpaired) electrons. The minimum absolute atomic E-state index is 1.01. The Hall–Kier alpha value is -2.61. The second kappa shape index (κ2) is 4.94. The fourth-order valence-corrected chi connectivity index (χ4v) is 2.31. The van der Waals surface area contributed by atoms with Gasteiger partial charge in [0, 0.05) is 0 Å². The van der Waals surface area contributed by atoms with Gasteiger partial charge in [0.1, 0.15) is 0 Å². The normalized spacial score (nSPS) is 11.2. The van der Waals surface area contributed by atoms with Gasteiger partial charge in [-0.2, -0.15) is 5.10 Å². The van der Waals surface area contributed by atoms with Crippen LogP contribution >= 0.6 is 0 Å². The van der Waals surface area contributed by atoms with Gasteiger partial charge in [0.2, 0.25) is 0 Å². The number of fused-ring (bicyclic) bond motifs is 1. The van der Waals surface area contributed by atoms with E-state index in [2.05, 4.69) is 59.7 Å². The third-order valence-electron chi connectivity index (χ3n) is 3.23. The van der Waals surface area contributed by atoms with Crippen molar-refractivity contribution in [2.24, 2.45) is 10.9 Å². The van der Waals surface area contributed by atoms with Crippen molar-refractivity contribution >= 4 is 17.0 Å². The van der Waals surface area contributed by atoms with Gasteiger partial charge in [-0.1, -0.05) is 66.7 Å². The van der Waals surface area contributed by atoms with E-state index in [1.54, 1.807) is 6.21 Å². The van der Waals surface area contributed by atoms with Crippen LogP contribution in [0.2, 0.25) is 0 Å². The first-order chi connectivity index (χ1) is 9.38. The Bertz CT molecular complexity index is 722. The van der Waals surface area contributed by atoms with Crippen LogP contribution in [0.15, 0.2) is 71.8 Å². The van der Waals surface area contributed by atoms with Gasteiger partial charge in [0.25, 0.3) is 0 Å². The Morgan fingerprint density at radius 3 is 2.32 bits per heavy atom. The molecule has 0 unspecified atom stereocenters. The molecule has 19 heavy (non-hydrogen) atoms. The van der Waals surface area contributed by atoms with Crippen LogP contribution in [0, 0.1) is 0 Å². The van der Waals surface area contributed by atoms with Crippen molar-refractivity contribution in [1.29, 1.82) is 0 Å². The quantitative estimate of drug-likeness (QED) is 0.417. The van der Waals surface area contributed by atoms with Gasteiger partial charge in [-0.05, 0) is 27.5 Å². The van der Waals surface area contributed by atoms with E-state index in [0.29, 0.717) is 0 Å². The summed E-state index contributed by atoms with van der Waals surface area (Å²) in [7, 11) is 0. The summed E-state index contributed by atoms with van der Waals surface area (Å²) in [6.45, 7) is 0. The Kier molecular flexibility index (Phi) is 2.99. The smallest absolute Gasteiger partial charge is 0.0538 e. The zero-order valence-corrected chi connectivity index (χ0v) is 10.5. The second-order valence-corrected chi connectivity index (χ2v) is 4.43. The lowest BCUT2D eigenvalue weighted by Crippen LogP contribution is -1.87. The number of nitrogens with two attached hydrogens (primary N) is 1. The number of hydrazone groups is 1. The minimum Gasteiger partial charge on any atom is -0.323 e. The first kappa shape index (κ1) is 11.5. The van der Waals surface area contributed by atoms with Crippen LogP contribution in [0.5, 0.6) is 0 Å². The van der Waals surface area contributed by atoms with Crippen molar-refractivity contribution in [2.45, 2.75) is 0 Å². The van der Waals surface area contributed by atoms with E-state index in [-0.39, 0.29) is 0 Å². The summed E-state index contributed by atoms with van der Waals surface area (Å²) >= 11 is 0. The van der Waals surface area contributed by atoms with Gasteiger partial charge < -0.3 is 5.84 Å². The van der Waals surface area contributed by atoms with E-state index in [0.717, 1.165) is 5.56 Å². The fourth-order valence-electron chi connectivity index (χ4n) is 2.31. The zero-order valence-electron chi connectivity index (χ0n) is 10.5. The van der Waals surface area contributed by atoms with Gasteiger partial charge >= 0.3 is 0 Å². The molecule has 0 amide bonds. The van der Waals surface area contributed by atoms with Crippen LogP contribution < -0.4 is 5.84 Å². The number of nitrogens with zero attached hydrogens (tertiary/aromatic N) is 1. The van der Waals surface area contributed by atoms with Gasteiger partial charge in [0.05, 0.1) is 6.21 Å². The van der Waals surface area contributed by atoms with E-state index in [1.165, 1.54) is 21.9 Å². The number of hydrogen-bond donors (Lipinski definition) is 1. The summed E-state index contributed by atoms with van der Waals surface area (Å²) in [6, 6.07) is 23.0. The molecule has 0 fully saturated rings. The van der Waals surface area contributed by atoms with Crippen LogP contribution in [-0.4, -0.2) is 6.21 Å². The molecule has 0 heterocycles. The molecule has 3 aromatic carbocycles. The Morgan fingerprint density at radius 2 is 1.53 bits per heavy atom. The Morgan fingerprint density at radius 1 is 0.789 bits per heavy atom. The van der Waals surface area contributed by atoms with Crippen molar-refractivity contribution in [1.82, 2.24) is 0 Å². The molecule has 2 nitrogen and oxygen atoms in total. The van der Waals surface area contributed by atoms with E-state index in [4.69, 9.17) is 5.84 Å². The first-order valence-corrected chi connectivity index (χ1v) is 6.20. The monoisotopic (exact) mass is 246 g/mol.